The van der Waals surface area contributed by atoms with E-state index in [9.17, 15) is 18.0 Å². The second-order valence-electron chi connectivity index (χ2n) is 4.40. The van der Waals surface area contributed by atoms with E-state index >= 15 is 0 Å². The Morgan fingerprint density at radius 3 is 2.67 bits per heavy atom. The van der Waals surface area contributed by atoms with Gasteiger partial charge in [0.2, 0.25) is 11.1 Å². The Bertz CT molecular complexity index is 782. The van der Waals surface area contributed by atoms with Crippen LogP contribution in [-0.4, -0.2) is 31.5 Å². The molecule has 0 saturated carbocycles. The number of nitrogen functional groups attached to an aromatic ring is 1. The van der Waals surface area contributed by atoms with Gasteiger partial charge in [-0.1, -0.05) is 35.0 Å². The highest BCUT2D eigenvalue weighted by Gasteiger charge is 2.38. The predicted octanol–water partition coefficient (Wildman–Crippen LogP) is 2.75. The molecule has 0 saturated heterocycles. The third-order valence-electron chi connectivity index (χ3n) is 2.71. The second-order valence-corrected chi connectivity index (χ2v) is 6.13. The highest BCUT2D eigenvalue weighted by atomic mass is 35.5. The first-order chi connectivity index (χ1) is 11.1. The maximum atomic E-state index is 12.5. The molecule has 7 nitrogen and oxygen atoms in total. The molecule has 0 aliphatic carbocycles. The van der Waals surface area contributed by atoms with Gasteiger partial charge in [-0.25, -0.2) is 9.66 Å². The first-order valence-corrected chi connectivity index (χ1v) is 7.86. The number of anilines is 1. The van der Waals surface area contributed by atoms with Crippen LogP contribution in [0.4, 0.5) is 19.0 Å². The van der Waals surface area contributed by atoms with Crippen LogP contribution in [0.1, 0.15) is 11.4 Å². The fourth-order valence-corrected chi connectivity index (χ4v) is 2.56. The lowest BCUT2D eigenvalue weighted by Gasteiger charge is -2.09. The van der Waals surface area contributed by atoms with Crippen LogP contribution in [0.2, 0.25) is 10.0 Å². The minimum atomic E-state index is -4.74. The number of hydrogen-bond acceptors (Lipinski definition) is 6. The van der Waals surface area contributed by atoms with E-state index in [-0.39, 0.29) is 26.4 Å². The molecule has 0 atom stereocenters. The molecule has 0 aromatic carbocycles. The first-order valence-electron chi connectivity index (χ1n) is 6.12. The van der Waals surface area contributed by atoms with Crippen molar-refractivity contribution in [1.29, 1.82) is 0 Å². The Morgan fingerprint density at radius 1 is 1.42 bits per heavy atom. The number of nitrogens with two attached hydrogens (primary N) is 1. The molecule has 2 rings (SSSR count). The first kappa shape index (κ1) is 18.6. The number of alkyl halides is 3. The summed E-state index contributed by atoms with van der Waals surface area (Å²) >= 11 is 12.5. The molecule has 0 unspecified atom stereocenters. The molecule has 3 N–H and O–H groups in total. The fraction of sp³-hybridized carbons (Fsp3) is 0.273. The number of hydrogen-bond donors (Lipinski definition) is 2. The molecule has 0 bridgehead atoms. The van der Waals surface area contributed by atoms with Crippen LogP contribution >= 0.6 is 35.0 Å². The van der Waals surface area contributed by atoms with Gasteiger partial charge in [-0.15, -0.1) is 10.2 Å². The molecule has 2 aromatic heterocycles. The van der Waals surface area contributed by atoms with Gasteiger partial charge in [-0.2, -0.15) is 13.2 Å². The van der Waals surface area contributed by atoms with Gasteiger partial charge in [0, 0.05) is 6.20 Å². The Labute approximate surface area is 147 Å². The summed E-state index contributed by atoms with van der Waals surface area (Å²) in [6, 6.07) is 0. The smallest absolute Gasteiger partial charge is 0.335 e. The number of carbonyl (C=O) groups is 1. The van der Waals surface area contributed by atoms with Crippen molar-refractivity contribution in [3.8, 4) is 0 Å². The lowest BCUT2D eigenvalue weighted by molar-refractivity contribution is -0.146. The largest absolute Gasteiger partial charge is 0.453 e. The van der Waals surface area contributed by atoms with Crippen LogP contribution in [0.5, 0.6) is 0 Å². The van der Waals surface area contributed by atoms with E-state index in [1.165, 1.54) is 6.20 Å². The molecule has 130 valence electrons. The van der Waals surface area contributed by atoms with E-state index in [0.717, 1.165) is 0 Å². The zero-order chi connectivity index (χ0) is 18.1. The number of nitrogens with one attached hydrogen (secondary N) is 1. The van der Waals surface area contributed by atoms with Crippen LogP contribution < -0.4 is 11.2 Å². The topological polar surface area (TPSA) is 98.7 Å². The highest BCUT2D eigenvalue weighted by Crippen LogP contribution is 2.30. The number of carbonyl (C=O) groups excluding carboxylic acids is 1. The normalized spacial score (nSPS) is 11.6. The Hall–Kier alpha value is -1.72. The van der Waals surface area contributed by atoms with Crippen molar-refractivity contribution in [3.63, 3.8) is 0 Å². The molecule has 13 heteroatoms. The van der Waals surface area contributed by atoms with E-state index in [4.69, 9.17) is 29.0 Å². The minimum Gasteiger partial charge on any atom is -0.335 e. The van der Waals surface area contributed by atoms with Crippen LogP contribution in [0, 0.1) is 6.92 Å². The quantitative estimate of drug-likeness (QED) is 0.604. The molecule has 0 aliphatic heterocycles. The SMILES string of the molecule is Cc1c(Cl)cnc(NC(=O)CSc2nnc(C(F)(F)F)n2N)c1Cl. The fourth-order valence-electron chi connectivity index (χ4n) is 1.51. The summed E-state index contributed by atoms with van der Waals surface area (Å²) in [5.41, 5.74) is 0.535. The van der Waals surface area contributed by atoms with Crippen molar-refractivity contribution >= 4 is 46.7 Å². The lowest BCUT2D eigenvalue weighted by atomic mass is 10.3. The van der Waals surface area contributed by atoms with E-state index in [1.807, 2.05) is 0 Å². The summed E-state index contributed by atoms with van der Waals surface area (Å²) in [5, 5.41) is 8.91. The summed E-state index contributed by atoms with van der Waals surface area (Å²) in [4.78, 5) is 15.7. The van der Waals surface area contributed by atoms with Gasteiger partial charge >= 0.3 is 6.18 Å². The van der Waals surface area contributed by atoms with Crippen LogP contribution in [0.3, 0.4) is 0 Å². The van der Waals surface area contributed by atoms with E-state index in [1.54, 1.807) is 6.92 Å². The summed E-state index contributed by atoms with van der Waals surface area (Å²) in [7, 11) is 0. The molecule has 2 heterocycles. The predicted molar refractivity (Wildman–Crippen MR) is 83.5 cm³/mol. The summed E-state index contributed by atoms with van der Waals surface area (Å²) in [6.45, 7) is 1.65. The van der Waals surface area contributed by atoms with Gasteiger partial charge in [0.1, 0.15) is 0 Å². The Kier molecular flexibility index (Phi) is 5.45. The molecule has 0 fully saturated rings. The van der Waals surface area contributed by atoms with Crippen LogP contribution in [0.25, 0.3) is 0 Å². The molecule has 1 amide bonds. The van der Waals surface area contributed by atoms with Gasteiger partial charge in [-0.05, 0) is 12.5 Å². The van der Waals surface area contributed by atoms with Crippen molar-refractivity contribution in [1.82, 2.24) is 19.9 Å². The number of pyridine rings is 1. The monoisotopic (exact) mass is 400 g/mol. The molecule has 0 aliphatic rings. The van der Waals surface area contributed by atoms with Crippen molar-refractivity contribution in [2.75, 3.05) is 16.9 Å². The number of halogens is 5. The number of thioether (sulfide) groups is 1. The van der Waals surface area contributed by atoms with Gasteiger partial charge < -0.3 is 11.2 Å². The van der Waals surface area contributed by atoms with E-state index < -0.39 is 17.9 Å². The third-order valence-corrected chi connectivity index (χ3v) is 4.50. The van der Waals surface area contributed by atoms with Gasteiger partial charge in [0.15, 0.2) is 5.82 Å². The molecular weight excluding hydrogens is 392 g/mol. The third kappa shape index (κ3) is 4.02. The summed E-state index contributed by atoms with van der Waals surface area (Å²) < 4.78 is 37.9. The average molecular weight is 401 g/mol. The summed E-state index contributed by atoms with van der Waals surface area (Å²) in [5.74, 6) is 3.16. The van der Waals surface area contributed by atoms with Gasteiger partial charge in [-0.3, -0.25) is 4.79 Å². The zero-order valence-electron chi connectivity index (χ0n) is 11.9. The maximum absolute atomic E-state index is 12.5. The van der Waals surface area contributed by atoms with Crippen molar-refractivity contribution in [2.24, 2.45) is 0 Å². The van der Waals surface area contributed by atoms with E-state index in [0.29, 0.717) is 22.3 Å². The zero-order valence-corrected chi connectivity index (χ0v) is 14.2. The van der Waals surface area contributed by atoms with E-state index in [2.05, 4.69) is 20.5 Å². The average Bonchev–Trinajstić information content (AvgIpc) is 2.87. The number of aromatic nitrogens is 4. The molecular formula is C11H9Cl2F3N6OS. The van der Waals surface area contributed by atoms with Gasteiger partial charge in [0.05, 0.1) is 15.8 Å². The molecule has 0 spiro atoms. The Morgan fingerprint density at radius 2 is 2.08 bits per heavy atom. The highest BCUT2D eigenvalue weighted by molar-refractivity contribution is 7.99. The van der Waals surface area contributed by atoms with Crippen LogP contribution in [-0.2, 0) is 11.0 Å². The van der Waals surface area contributed by atoms with Gasteiger partial charge in [0.25, 0.3) is 5.82 Å². The number of nitrogens with zero attached hydrogens (tertiary/aromatic N) is 4. The molecule has 2 aromatic rings. The summed E-state index contributed by atoms with van der Waals surface area (Å²) in [6.07, 6.45) is -3.42. The molecule has 0 radical (unpaired) electrons. The minimum absolute atomic E-state index is 0.0920. The van der Waals surface area contributed by atoms with Crippen molar-refractivity contribution < 1.29 is 18.0 Å². The lowest BCUT2D eigenvalue weighted by Crippen LogP contribution is -2.22. The second kappa shape index (κ2) is 7.03. The van der Waals surface area contributed by atoms with Crippen molar-refractivity contribution in [2.45, 2.75) is 18.3 Å². The molecule has 24 heavy (non-hydrogen) atoms. The standard InChI is InChI=1S/C11H9Cl2F3N6OS/c1-4-5(12)2-18-8(7(4)13)19-6(23)3-24-10-21-20-9(22(10)17)11(14,15)16/h2H,3,17H2,1H3,(H,18,19,23). The maximum Gasteiger partial charge on any atom is 0.453 e. The Balaban J connectivity index is 2.02. The van der Waals surface area contributed by atoms with Crippen LogP contribution in [0.15, 0.2) is 11.4 Å². The number of rotatable bonds is 4. The number of amides is 1. The van der Waals surface area contributed by atoms with Crippen molar-refractivity contribution in [3.05, 3.63) is 27.6 Å².